The number of halogens is 1. The Hall–Kier alpha value is -3.40. The molecule has 0 saturated carbocycles. The van der Waals surface area contributed by atoms with Gasteiger partial charge in [0.05, 0.1) is 11.0 Å². The van der Waals surface area contributed by atoms with E-state index < -0.39 is 0 Å². The van der Waals surface area contributed by atoms with E-state index in [4.69, 9.17) is 0 Å². The minimum Gasteiger partial charge on any atom is -0.306 e. The van der Waals surface area contributed by atoms with Crippen molar-refractivity contribution >= 4 is 22.7 Å². The number of aromatic nitrogens is 2. The number of imidazole rings is 1. The molecular formula is C24H19FN2O. The van der Waals surface area contributed by atoms with Gasteiger partial charge in [-0.1, -0.05) is 36.4 Å². The van der Waals surface area contributed by atoms with Gasteiger partial charge in [-0.25, -0.2) is 9.18 Å². The fourth-order valence-electron chi connectivity index (χ4n) is 4.11. The van der Waals surface area contributed by atoms with Crippen LogP contribution in [0.4, 0.5) is 4.39 Å². The second-order valence-electron chi connectivity index (χ2n) is 7.28. The van der Waals surface area contributed by atoms with Crippen molar-refractivity contribution in [2.75, 3.05) is 0 Å². The van der Waals surface area contributed by atoms with Gasteiger partial charge >= 0.3 is 5.69 Å². The summed E-state index contributed by atoms with van der Waals surface area (Å²) in [4.78, 5) is 14.8. The number of aryl methyl sites for hydroxylation is 3. The molecule has 0 aliphatic heterocycles. The fraction of sp³-hybridized carbons (Fsp3) is 0.125. The molecule has 0 amide bonds. The summed E-state index contributed by atoms with van der Waals surface area (Å²) in [6, 6.07) is 19.4. The van der Waals surface area contributed by atoms with Crippen LogP contribution in [0.2, 0.25) is 0 Å². The summed E-state index contributed by atoms with van der Waals surface area (Å²) in [5.74, 6) is -0.202. The van der Waals surface area contributed by atoms with Gasteiger partial charge in [-0.15, -0.1) is 0 Å². The van der Waals surface area contributed by atoms with E-state index in [1.165, 1.54) is 17.2 Å². The van der Waals surface area contributed by atoms with Gasteiger partial charge in [-0.05, 0) is 76.6 Å². The Morgan fingerprint density at radius 3 is 2.64 bits per heavy atom. The summed E-state index contributed by atoms with van der Waals surface area (Å²) in [6.45, 7) is 0. The van der Waals surface area contributed by atoms with E-state index in [1.54, 1.807) is 17.7 Å². The fourth-order valence-corrected chi connectivity index (χ4v) is 4.11. The zero-order valence-corrected chi connectivity index (χ0v) is 15.5. The number of nitrogens with zero attached hydrogens (tertiary/aromatic N) is 1. The normalized spacial score (nSPS) is 14.7. The van der Waals surface area contributed by atoms with Crippen molar-refractivity contribution in [3.05, 3.63) is 105 Å². The van der Waals surface area contributed by atoms with Crippen molar-refractivity contribution in [1.82, 2.24) is 9.55 Å². The molecule has 0 radical (unpaired) electrons. The molecule has 0 unspecified atom stereocenters. The lowest BCUT2D eigenvalue weighted by Crippen LogP contribution is -2.11. The van der Waals surface area contributed by atoms with Crippen molar-refractivity contribution in [2.45, 2.75) is 12.8 Å². The van der Waals surface area contributed by atoms with Gasteiger partial charge in [0.1, 0.15) is 5.82 Å². The number of nitrogens with one attached hydrogen (secondary N) is 1. The molecule has 28 heavy (non-hydrogen) atoms. The lowest BCUT2D eigenvalue weighted by Gasteiger charge is -2.12. The number of aromatic amines is 1. The highest BCUT2D eigenvalue weighted by molar-refractivity contribution is 5.95. The van der Waals surface area contributed by atoms with E-state index in [9.17, 15) is 9.18 Å². The van der Waals surface area contributed by atoms with Gasteiger partial charge in [0.15, 0.2) is 0 Å². The molecule has 4 heteroatoms. The minimum absolute atomic E-state index is 0.125. The smallest absolute Gasteiger partial charge is 0.306 e. The molecule has 1 aliphatic rings. The van der Waals surface area contributed by atoms with E-state index in [0.29, 0.717) is 0 Å². The second-order valence-corrected chi connectivity index (χ2v) is 7.28. The summed E-state index contributed by atoms with van der Waals surface area (Å²) in [5, 5.41) is 0. The molecule has 1 aromatic heterocycles. The molecule has 1 heterocycles. The average molecular weight is 370 g/mol. The predicted octanol–water partition coefficient (Wildman–Crippen LogP) is 4.69. The highest BCUT2D eigenvalue weighted by atomic mass is 19.1. The van der Waals surface area contributed by atoms with Crippen LogP contribution in [0.3, 0.4) is 0 Å². The van der Waals surface area contributed by atoms with E-state index in [-0.39, 0.29) is 11.5 Å². The van der Waals surface area contributed by atoms with Crippen LogP contribution in [0.1, 0.15) is 27.8 Å². The molecule has 0 atom stereocenters. The van der Waals surface area contributed by atoms with Crippen molar-refractivity contribution in [3.63, 3.8) is 0 Å². The van der Waals surface area contributed by atoms with Crippen molar-refractivity contribution in [3.8, 4) is 0 Å². The maximum absolute atomic E-state index is 13.9. The first kappa shape index (κ1) is 16.8. The standard InChI is InChI=1S/C24H19FN2O/c1-27-23-11-6-15(13-22(23)26-24(27)28)12-21-19-5-3-2-4-16(19)7-8-17-14-18(25)9-10-20(17)21/h2-6,9-14H,7-8H2,1H3,(H,26,28)/b21-12-. The minimum atomic E-state index is -0.202. The number of hydrogen-bond acceptors (Lipinski definition) is 1. The summed E-state index contributed by atoms with van der Waals surface area (Å²) >= 11 is 0. The molecular weight excluding hydrogens is 351 g/mol. The van der Waals surface area contributed by atoms with Crippen LogP contribution in [0, 0.1) is 5.82 Å². The molecule has 0 saturated heterocycles. The summed E-state index contributed by atoms with van der Waals surface area (Å²) in [7, 11) is 1.76. The van der Waals surface area contributed by atoms with E-state index in [0.717, 1.165) is 46.1 Å². The Labute approximate surface area is 161 Å². The molecule has 3 nitrogen and oxygen atoms in total. The summed E-state index contributed by atoms with van der Waals surface area (Å²) < 4.78 is 15.5. The zero-order chi connectivity index (χ0) is 19.3. The summed E-state index contributed by atoms with van der Waals surface area (Å²) in [6.07, 6.45) is 3.83. The Balaban J connectivity index is 1.75. The van der Waals surface area contributed by atoms with Gasteiger partial charge in [0.25, 0.3) is 0 Å². The molecule has 0 bridgehead atoms. The van der Waals surface area contributed by atoms with Crippen molar-refractivity contribution < 1.29 is 4.39 Å². The number of H-pyrrole nitrogens is 1. The first-order valence-corrected chi connectivity index (χ1v) is 9.38. The second kappa shape index (κ2) is 6.34. The first-order valence-electron chi connectivity index (χ1n) is 9.38. The lowest BCUT2D eigenvalue weighted by atomic mass is 9.92. The third-order valence-electron chi connectivity index (χ3n) is 5.57. The van der Waals surface area contributed by atoms with Crippen LogP contribution in [-0.2, 0) is 19.9 Å². The quantitative estimate of drug-likeness (QED) is 0.518. The van der Waals surface area contributed by atoms with Gasteiger partial charge in [-0.3, -0.25) is 4.57 Å². The van der Waals surface area contributed by atoms with Crippen LogP contribution in [-0.4, -0.2) is 9.55 Å². The van der Waals surface area contributed by atoms with Crippen LogP contribution >= 0.6 is 0 Å². The Kier molecular flexibility index (Phi) is 3.79. The molecule has 1 N–H and O–H groups in total. The number of fused-ring (bicyclic) bond motifs is 3. The molecule has 5 rings (SSSR count). The monoisotopic (exact) mass is 370 g/mol. The number of hydrogen-bond donors (Lipinski definition) is 1. The largest absolute Gasteiger partial charge is 0.326 e. The third kappa shape index (κ3) is 2.69. The SMILES string of the molecule is Cn1c(=O)[nH]c2cc(/C=C3/c4ccccc4CCc4cc(F)ccc43)ccc21. The lowest BCUT2D eigenvalue weighted by molar-refractivity contribution is 0.625. The van der Waals surface area contributed by atoms with Crippen LogP contribution in [0.25, 0.3) is 22.7 Å². The molecule has 4 aromatic rings. The van der Waals surface area contributed by atoms with Gasteiger partial charge in [0, 0.05) is 7.05 Å². The first-order chi connectivity index (χ1) is 13.6. The average Bonchev–Trinajstić information content (AvgIpc) is 2.89. The van der Waals surface area contributed by atoms with Crippen LogP contribution < -0.4 is 5.69 Å². The highest BCUT2D eigenvalue weighted by Crippen LogP contribution is 2.35. The molecule has 1 aliphatic carbocycles. The maximum Gasteiger partial charge on any atom is 0.326 e. The Bertz CT molecular complexity index is 1310. The zero-order valence-electron chi connectivity index (χ0n) is 15.5. The van der Waals surface area contributed by atoms with Gasteiger partial charge < -0.3 is 4.98 Å². The Morgan fingerprint density at radius 1 is 0.964 bits per heavy atom. The summed E-state index contributed by atoms with van der Waals surface area (Å²) in [5.41, 5.74) is 8.16. The van der Waals surface area contributed by atoms with Crippen molar-refractivity contribution in [2.24, 2.45) is 7.05 Å². The van der Waals surface area contributed by atoms with E-state index in [1.807, 2.05) is 36.4 Å². The van der Waals surface area contributed by atoms with E-state index in [2.05, 4.69) is 23.2 Å². The molecule has 0 fully saturated rings. The van der Waals surface area contributed by atoms with Gasteiger partial charge in [-0.2, -0.15) is 0 Å². The van der Waals surface area contributed by atoms with Crippen LogP contribution in [0.5, 0.6) is 0 Å². The number of benzene rings is 3. The molecule has 138 valence electrons. The Morgan fingerprint density at radius 2 is 1.75 bits per heavy atom. The third-order valence-corrected chi connectivity index (χ3v) is 5.57. The number of rotatable bonds is 1. The highest BCUT2D eigenvalue weighted by Gasteiger charge is 2.18. The van der Waals surface area contributed by atoms with Crippen molar-refractivity contribution in [1.29, 1.82) is 0 Å². The van der Waals surface area contributed by atoms with Crippen LogP contribution in [0.15, 0.2) is 65.5 Å². The molecule has 0 spiro atoms. The van der Waals surface area contributed by atoms with Gasteiger partial charge in [0.2, 0.25) is 0 Å². The maximum atomic E-state index is 13.9. The topological polar surface area (TPSA) is 37.8 Å². The molecule has 3 aromatic carbocycles. The van der Waals surface area contributed by atoms with E-state index >= 15 is 0 Å². The predicted molar refractivity (Wildman–Crippen MR) is 111 cm³/mol.